The first kappa shape index (κ1) is 70.5. The Kier molecular flexibility index (Phi) is 54.5. The van der Waals surface area contributed by atoms with E-state index in [4.69, 9.17) is 23.3 Å². The van der Waals surface area contributed by atoms with Crippen LogP contribution in [-0.4, -0.2) is 66.5 Å². The molecule has 0 bridgehead atoms. The quantitative estimate of drug-likeness (QED) is 0.0259. The molecule has 0 radical (unpaired) electrons. The average molecular weight is 1050 g/mol. The maximum atomic E-state index is 12.9. The number of esters is 3. The second-order valence-electron chi connectivity index (χ2n) is 21.2. The van der Waals surface area contributed by atoms with E-state index in [1.54, 1.807) is 0 Å². The minimum atomic E-state index is -4.74. The SMILES string of the molecule is CCCCCCCCCCCCCCCCCCCC(=O)OC(COC(=O)CCCCCCCCCCCCCCCCC)COP(=O)(O)OCC(CO)OC(=O)CCCCCCCCCCCCCCC. The van der Waals surface area contributed by atoms with Crippen LogP contribution in [0.4, 0.5) is 0 Å². The third-order valence-corrected chi connectivity index (χ3v) is 15.0. The predicted molar refractivity (Wildman–Crippen MR) is 298 cm³/mol. The molecule has 0 spiro atoms. The second-order valence-corrected chi connectivity index (χ2v) is 22.7. The molecule has 0 aliphatic rings. The van der Waals surface area contributed by atoms with Crippen LogP contribution in [0.3, 0.4) is 0 Å². The molecule has 3 atom stereocenters. The van der Waals surface area contributed by atoms with Gasteiger partial charge in [-0.25, -0.2) is 4.57 Å². The molecule has 0 aromatic carbocycles. The van der Waals surface area contributed by atoms with Gasteiger partial charge in [-0.3, -0.25) is 23.4 Å². The van der Waals surface area contributed by atoms with Crippen LogP contribution in [0.15, 0.2) is 0 Å². The second kappa shape index (κ2) is 55.7. The maximum absolute atomic E-state index is 12.9. The van der Waals surface area contributed by atoms with Crippen molar-refractivity contribution in [2.75, 3.05) is 26.4 Å². The van der Waals surface area contributed by atoms with E-state index in [2.05, 4.69) is 20.8 Å². The van der Waals surface area contributed by atoms with Crippen molar-refractivity contribution in [2.24, 2.45) is 0 Å². The summed E-state index contributed by atoms with van der Waals surface area (Å²) in [6, 6.07) is 0. The van der Waals surface area contributed by atoms with Crippen molar-refractivity contribution in [3.05, 3.63) is 0 Å². The van der Waals surface area contributed by atoms with E-state index in [9.17, 15) is 28.9 Å². The molecule has 0 saturated heterocycles. The van der Waals surface area contributed by atoms with Crippen LogP contribution in [0, 0.1) is 0 Å². The number of ether oxygens (including phenoxy) is 3. The highest BCUT2D eigenvalue weighted by atomic mass is 31.2. The van der Waals surface area contributed by atoms with E-state index in [1.165, 1.54) is 212 Å². The highest BCUT2D eigenvalue weighted by Gasteiger charge is 2.28. The Bertz CT molecular complexity index is 1220. The molecule has 0 aromatic heterocycles. The Morgan fingerprint density at radius 1 is 0.333 bits per heavy atom. The van der Waals surface area contributed by atoms with Crippen LogP contribution < -0.4 is 0 Å². The third-order valence-electron chi connectivity index (χ3n) is 14.0. The smallest absolute Gasteiger partial charge is 0.462 e. The summed E-state index contributed by atoms with van der Waals surface area (Å²) >= 11 is 0. The molecule has 72 heavy (non-hydrogen) atoms. The first-order chi connectivity index (χ1) is 35.2. The molecule has 0 aliphatic carbocycles. The molecular weight excluding hydrogens is 928 g/mol. The number of hydrogen-bond acceptors (Lipinski definition) is 10. The molecule has 0 fully saturated rings. The number of aliphatic hydroxyl groups is 1. The zero-order chi connectivity index (χ0) is 52.7. The van der Waals surface area contributed by atoms with Crippen molar-refractivity contribution < 1.29 is 52.2 Å². The van der Waals surface area contributed by atoms with Crippen molar-refractivity contribution in [1.29, 1.82) is 0 Å². The number of rotatable bonds is 59. The summed E-state index contributed by atoms with van der Waals surface area (Å²) in [5, 5.41) is 9.82. The number of carbonyl (C=O) groups is 3. The average Bonchev–Trinajstić information content (AvgIpc) is 3.37. The Morgan fingerprint density at radius 2 is 0.556 bits per heavy atom. The normalized spacial score (nSPS) is 13.2. The largest absolute Gasteiger partial charge is 0.472 e. The lowest BCUT2D eigenvalue weighted by atomic mass is 10.0. The van der Waals surface area contributed by atoms with Gasteiger partial charge in [-0.15, -0.1) is 0 Å². The van der Waals surface area contributed by atoms with Gasteiger partial charge < -0.3 is 24.2 Å². The van der Waals surface area contributed by atoms with Crippen molar-refractivity contribution in [3.8, 4) is 0 Å². The first-order valence-electron chi connectivity index (χ1n) is 30.9. The van der Waals surface area contributed by atoms with Gasteiger partial charge in [0.15, 0.2) is 6.10 Å². The minimum absolute atomic E-state index is 0.179. The third kappa shape index (κ3) is 53.3. The van der Waals surface area contributed by atoms with E-state index in [1.807, 2.05) is 0 Å². The Morgan fingerprint density at radius 3 is 0.819 bits per heavy atom. The molecule has 0 amide bonds. The first-order valence-corrected chi connectivity index (χ1v) is 32.4. The number of unbranched alkanes of at least 4 members (excludes halogenated alkanes) is 42. The van der Waals surface area contributed by atoms with E-state index in [0.29, 0.717) is 19.3 Å². The van der Waals surface area contributed by atoms with Gasteiger partial charge in [-0.1, -0.05) is 290 Å². The Hall–Kier alpha value is -1.52. The van der Waals surface area contributed by atoms with E-state index in [0.717, 1.165) is 57.8 Å². The van der Waals surface area contributed by atoms with Crippen LogP contribution in [-0.2, 0) is 42.2 Å². The van der Waals surface area contributed by atoms with E-state index < -0.39 is 57.8 Å². The summed E-state index contributed by atoms with van der Waals surface area (Å²) in [5.74, 6) is -1.42. The molecular formula is C60H117O11P. The van der Waals surface area contributed by atoms with Crippen LogP contribution in [0.25, 0.3) is 0 Å². The van der Waals surface area contributed by atoms with Crippen LogP contribution in [0.5, 0.6) is 0 Å². The van der Waals surface area contributed by atoms with Gasteiger partial charge in [0, 0.05) is 19.3 Å². The number of phosphoric ester groups is 1. The molecule has 428 valence electrons. The number of hydrogen-bond donors (Lipinski definition) is 2. The van der Waals surface area contributed by atoms with Crippen molar-refractivity contribution in [2.45, 2.75) is 341 Å². The fourth-order valence-electron chi connectivity index (χ4n) is 9.30. The zero-order valence-electron chi connectivity index (χ0n) is 47.4. The van der Waals surface area contributed by atoms with Gasteiger partial charge in [-0.05, 0) is 19.3 Å². The summed E-state index contributed by atoms with van der Waals surface area (Å²) < 4.78 is 39.6. The molecule has 0 saturated carbocycles. The van der Waals surface area contributed by atoms with Gasteiger partial charge >= 0.3 is 25.7 Å². The molecule has 2 N–H and O–H groups in total. The lowest BCUT2D eigenvalue weighted by molar-refractivity contribution is -0.161. The monoisotopic (exact) mass is 1040 g/mol. The summed E-state index contributed by atoms with van der Waals surface area (Å²) in [5.41, 5.74) is 0. The molecule has 0 aromatic rings. The Balaban J connectivity index is 4.64. The lowest BCUT2D eigenvalue weighted by Gasteiger charge is -2.21. The number of phosphoric acid groups is 1. The standard InChI is InChI=1S/C60H117O11P/c1-4-7-10-13-16-19-22-25-27-28-30-33-36-39-42-45-48-51-60(64)71-57(53-67-58(62)49-46-43-40-37-34-32-29-26-23-20-17-14-11-8-5-2)55-69-72(65,66)68-54-56(52-61)70-59(63)50-47-44-41-38-35-31-24-21-18-15-12-9-6-3/h56-57,61H,4-55H2,1-3H3,(H,65,66). The summed E-state index contributed by atoms with van der Waals surface area (Å²) in [4.78, 5) is 48.6. The molecule has 3 unspecified atom stereocenters. The number of aliphatic hydroxyl groups excluding tert-OH is 1. The molecule has 0 aliphatic heterocycles. The molecule has 11 nitrogen and oxygen atoms in total. The fraction of sp³-hybridized carbons (Fsp3) is 0.950. The topological polar surface area (TPSA) is 155 Å². The number of carbonyl (C=O) groups excluding carboxylic acids is 3. The summed E-state index contributed by atoms with van der Waals surface area (Å²) in [7, 11) is -4.74. The molecule has 0 heterocycles. The summed E-state index contributed by atoms with van der Waals surface area (Å²) in [6.45, 7) is 4.73. The van der Waals surface area contributed by atoms with Gasteiger partial charge in [0.1, 0.15) is 12.7 Å². The minimum Gasteiger partial charge on any atom is -0.462 e. The maximum Gasteiger partial charge on any atom is 0.472 e. The highest BCUT2D eigenvalue weighted by Crippen LogP contribution is 2.43. The highest BCUT2D eigenvalue weighted by molar-refractivity contribution is 7.47. The van der Waals surface area contributed by atoms with E-state index >= 15 is 0 Å². The summed E-state index contributed by atoms with van der Waals surface area (Å²) in [6.07, 6.45) is 53.4. The van der Waals surface area contributed by atoms with Gasteiger partial charge in [0.05, 0.1) is 19.8 Å². The van der Waals surface area contributed by atoms with Crippen LogP contribution >= 0.6 is 7.82 Å². The fourth-order valence-corrected chi connectivity index (χ4v) is 10.1. The Labute approximate surface area is 443 Å². The van der Waals surface area contributed by atoms with Crippen LogP contribution in [0.2, 0.25) is 0 Å². The van der Waals surface area contributed by atoms with Crippen LogP contribution in [0.1, 0.15) is 329 Å². The van der Waals surface area contributed by atoms with Crippen molar-refractivity contribution >= 4 is 25.7 Å². The van der Waals surface area contributed by atoms with Crippen molar-refractivity contribution in [1.82, 2.24) is 0 Å². The lowest BCUT2D eigenvalue weighted by Crippen LogP contribution is -2.30. The predicted octanol–water partition coefficient (Wildman–Crippen LogP) is 18.3. The van der Waals surface area contributed by atoms with E-state index in [-0.39, 0.29) is 25.9 Å². The molecule has 12 heteroatoms. The zero-order valence-corrected chi connectivity index (χ0v) is 48.3. The van der Waals surface area contributed by atoms with Gasteiger partial charge in [-0.2, -0.15) is 0 Å². The molecule has 0 rings (SSSR count). The van der Waals surface area contributed by atoms with Gasteiger partial charge in [0.25, 0.3) is 0 Å². The van der Waals surface area contributed by atoms with Crippen molar-refractivity contribution in [3.63, 3.8) is 0 Å². The van der Waals surface area contributed by atoms with Gasteiger partial charge in [0.2, 0.25) is 0 Å².